The second-order valence-electron chi connectivity index (χ2n) is 4.36. The highest BCUT2D eigenvalue weighted by Crippen LogP contribution is 2.30. The third-order valence-electron chi connectivity index (χ3n) is 2.80. The Morgan fingerprint density at radius 3 is 2.79 bits per heavy atom. The number of aryl methyl sites for hydroxylation is 3. The Hall–Kier alpha value is -1.75. The molecule has 1 aromatic carbocycles. The van der Waals surface area contributed by atoms with Crippen LogP contribution >= 0.6 is 11.3 Å². The van der Waals surface area contributed by atoms with Gasteiger partial charge >= 0.3 is 5.97 Å². The van der Waals surface area contributed by atoms with Crippen molar-refractivity contribution in [3.05, 3.63) is 39.5 Å². The molecule has 0 saturated carbocycles. The normalized spacial score (nSPS) is 10.7. The molecule has 1 aromatic heterocycles. The molecule has 0 atom stereocenters. The van der Waals surface area contributed by atoms with Gasteiger partial charge in [0.15, 0.2) is 0 Å². The molecule has 5 heteroatoms. The summed E-state index contributed by atoms with van der Waals surface area (Å²) in [4.78, 5) is 16.0. The van der Waals surface area contributed by atoms with E-state index in [1.165, 1.54) is 17.4 Å². The fourth-order valence-electron chi connectivity index (χ4n) is 1.88. The number of carboxylic acid groups (broad SMARTS) is 1. The van der Waals surface area contributed by atoms with E-state index in [0.29, 0.717) is 12.0 Å². The Labute approximate surface area is 114 Å². The maximum absolute atomic E-state index is 13.3. The van der Waals surface area contributed by atoms with Crippen LogP contribution in [-0.2, 0) is 11.2 Å². The van der Waals surface area contributed by atoms with E-state index < -0.39 is 5.97 Å². The maximum atomic E-state index is 13.3. The van der Waals surface area contributed by atoms with Crippen LogP contribution in [0, 0.1) is 19.7 Å². The minimum Gasteiger partial charge on any atom is -0.481 e. The zero-order valence-electron chi connectivity index (χ0n) is 10.7. The standard InChI is InChI=1S/C14H14FNO2S/c1-8-7-10(3-4-11(8)15)14-12(5-6-13(17)18)19-9(2)16-14/h3-4,7H,5-6H2,1-2H3,(H,17,18). The van der Waals surface area contributed by atoms with E-state index in [9.17, 15) is 9.18 Å². The molecule has 2 aromatic rings. The molecule has 3 nitrogen and oxygen atoms in total. The minimum atomic E-state index is -0.827. The average molecular weight is 279 g/mol. The number of rotatable bonds is 4. The van der Waals surface area contributed by atoms with Crippen molar-refractivity contribution >= 4 is 17.3 Å². The van der Waals surface area contributed by atoms with Crippen LogP contribution < -0.4 is 0 Å². The second-order valence-corrected chi connectivity index (χ2v) is 5.65. The highest BCUT2D eigenvalue weighted by Gasteiger charge is 2.13. The van der Waals surface area contributed by atoms with Crippen molar-refractivity contribution in [2.24, 2.45) is 0 Å². The van der Waals surface area contributed by atoms with Gasteiger partial charge in [0, 0.05) is 10.4 Å². The van der Waals surface area contributed by atoms with Crippen LogP contribution in [0.3, 0.4) is 0 Å². The number of thiazole rings is 1. The van der Waals surface area contributed by atoms with Crippen molar-refractivity contribution in [3.8, 4) is 11.3 Å². The second kappa shape index (κ2) is 5.48. The van der Waals surface area contributed by atoms with E-state index in [2.05, 4.69) is 4.98 Å². The topological polar surface area (TPSA) is 50.2 Å². The largest absolute Gasteiger partial charge is 0.481 e. The molecule has 0 unspecified atom stereocenters. The fraction of sp³-hybridized carbons (Fsp3) is 0.286. The predicted molar refractivity (Wildman–Crippen MR) is 72.9 cm³/mol. The zero-order chi connectivity index (χ0) is 14.0. The van der Waals surface area contributed by atoms with Gasteiger partial charge in [-0.05, 0) is 44.0 Å². The molecule has 0 amide bonds. The summed E-state index contributed by atoms with van der Waals surface area (Å²) < 4.78 is 13.3. The number of halogens is 1. The molecule has 1 N–H and O–H groups in total. The van der Waals surface area contributed by atoms with Gasteiger partial charge in [0.2, 0.25) is 0 Å². The van der Waals surface area contributed by atoms with E-state index in [0.717, 1.165) is 21.1 Å². The summed E-state index contributed by atoms with van der Waals surface area (Å²) >= 11 is 1.49. The Kier molecular flexibility index (Phi) is 3.95. The van der Waals surface area contributed by atoms with Gasteiger partial charge in [-0.25, -0.2) is 9.37 Å². The highest BCUT2D eigenvalue weighted by molar-refractivity contribution is 7.12. The maximum Gasteiger partial charge on any atom is 0.303 e. The first-order valence-corrected chi connectivity index (χ1v) is 6.73. The van der Waals surface area contributed by atoms with Crippen molar-refractivity contribution < 1.29 is 14.3 Å². The van der Waals surface area contributed by atoms with Crippen molar-refractivity contribution in [2.75, 3.05) is 0 Å². The summed E-state index contributed by atoms with van der Waals surface area (Å²) in [5.41, 5.74) is 2.17. The van der Waals surface area contributed by atoms with Gasteiger partial charge in [-0.1, -0.05) is 0 Å². The SMILES string of the molecule is Cc1nc(-c2ccc(F)c(C)c2)c(CCC(=O)O)s1. The number of aromatic nitrogens is 1. The van der Waals surface area contributed by atoms with E-state index in [1.54, 1.807) is 19.1 Å². The molecule has 0 spiro atoms. The van der Waals surface area contributed by atoms with Crippen molar-refractivity contribution in [3.63, 3.8) is 0 Å². The Morgan fingerprint density at radius 1 is 1.42 bits per heavy atom. The van der Waals surface area contributed by atoms with Gasteiger partial charge < -0.3 is 5.11 Å². The fourth-order valence-corrected chi connectivity index (χ4v) is 2.83. The summed E-state index contributed by atoms with van der Waals surface area (Å²) in [6.07, 6.45) is 0.529. The Bertz CT molecular complexity index is 622. The number of carboxylic acids is 1. The minimum absolute atomic E-state index is 0.0782. The van der Waals surface area contributed by atoms with Gasteiger partial charge in [0.25, 0.3) is 0 Å². The molecule has 0 saturated heterocycles. The van der Waals surface area contributed by atoms with Crippen molar-refractivity contribution in [1.29, 1.82) is 0 Å². The lowest BCUT2D eigenvalue weighted by atomic mass is 10.1. The molecule has 0 aliphatic rings. The number of benzene rings is 1. The smallest absolute Gasteiger partial charge is 0.303 e. The van der Waals surface area contributed by atoms with E-state index in [1.807, 2.05) is 6.92 Å². The van der Waals surface area contributed by atoms with Gasteiger partial charge in [-0.3, -0.25) is 4.79 Å². The Balaban J connectivity index is 2.37. The van der Waals surface area contributed by atoms with Crippen LogP contribution in [0.4, 0.5) is 4.39 Å². The van der Waals surface area contributed by atoms with Gasteiger partial charge in [0.1, 0.15) is 5.82 Å². The molecular formula is C14H14FNO2S. The van der Waals surface area contributed by atoms with Gasteiger partial charge in [0.05, 0.1) is 17.1 Å². The van der Waals surface area contributed by atoms with E-state index in [-0.39, 0.29) is 12.2 Å². The van der Waals surface area contributed by atoms with Gasteiger partial charge in [-0.15, -0.1) is 11.3 Å². The van der Waals surface area contributed by atoms with Crippen LogP contribution in [0.25, 0.3) is 11.3 Å². The molecule has 0 radical (unpaired) electrons. The molecule has 19 heavy (non-hydrogen) atoms. The summed E-state index contributed by atoms with van der Waals surface area (Å²) in [5, 5.41) is 9.64. The monoisotopic (exact) mass is 279 g/mol. The molecular weight excluding hydrogens is 265 g/mol. The third-order valence-corrected chi connectivity index (χ3v) is 3.83. The molecule has 0 aliphatic carbocycles. The van der Waals surface area contributed by atoms with Crippen molar-refractivity contribution in [2.45, 2.75) is 26.7 Å². The molecule has 0 aliphatic heterocycles. The summed E-state index contributed by atoms with van der Waals surface area (Å²) in [5.74, 6) is -1.07. The number of aliphatic carboxylic acids is 1. The number of hydrogen-bond acceptors (Lipinski definition) is 3. The van der Waals surface area contributed by atoms with Crippen LogP contribution in [0.2, 0.25) is 0 Å². The van der Waals surface area contributed by atoms with Crippen LogP contribution in [-0.4, -0.2) is 16.1 Å². The first kappa shape index (κ1) is 13.7. The summed E-state index contributed by atoms with van der Waals surface area (Å²) in [6, 6.07) is 4.84. The molecule has 0 fully saturated rings. The van der Waals surface area contributed by atoms with E-state index in [4.69, 9.17) is 5.11 Å². The molecule has 1 heterocycles. The highest BCUT2D eigenvalue weighted by atomic mass is 32.1. The number of nitrogens with zero attached hydrogens (tertiary/aromatic N) is 1. The van der Waals surface area contributed by atoms with Crippen LogP contribution in [0.5, 0.6) is 0 Å². The first-order chi connectivity index (χ1) is 8.97. The average Bonchev–Trinajstić information content (AvgIpc) is 2.71. The van der Waals surface area contributed by atoms with E-state index >= 15 is 0 Å². The summed E-state index contributed by atoms with van der Waals surface area (Å²) in [7, 11) is 0. The molecule has 2 rings (SSSR count). The third kappa shape index (κ3) is 3.17. The number of carbonyl (C=O) groups is 1. The number of hydrogen-bond donors (Lipinski definition) is 1. The van der Waals surface area contributed by atoms with Gasteiger partial charge in [-0.2, -0.15) is 0 Å². The lowest BCUT2D eigenvalue weighted by Gasteiger charge is -2.03. The van der Waals surface area contributed by atoms with Crippen molar-refractivity contribution in [1.82, 2.24) is 4.98 Å². The predicted octanol–water partition coefficient (Wildman–Crippen LogP) is 3.58. The molecule has 0 bridgehead atoms. The first-order valence-electron chi connectivity index (χ1n) is 5.92. The zero-order valence-corrected chi connectivity index (χ0v) is 11.6. The quantitative estimate of drug-likeness (QED) is 0.930. The summed E-state index contributed by atoms with van der Waals surface area (Å²) in [6.45, 7) is 3.59. The van der Waals surface area contributed by atoms with Crippen LogP contribution in [0.15, 0.2) is 18.2 Å². The van der Waals surface area contributed by atoms with Crippen LogP contribution in [0.1, 0.15) is 21.9 Å². The Morgan fingerprint density at radius 2 is 2.16 bits per heavy atom. The molecule has 100 valence electrons. The lowest BCUT2D eigenvalue weighted by Crippen LogP contribution is -1.97. The lowest BCUT2D eigenvalue weighted by molar-refractivity contribution is -0.136.